The molecule has 0 unspecified atom stereocenters. The van der Waals surface area contributed by atoms with Crippen molar-refractivity contribution in [2.24, 2.45) is 0 Å². The molecule has 22 heavy (non-hydrogen) atoms. The van der Waals surface area contributed by atoms with Crippen molar-refractivity contribution in [2.45, 2.75) is 6.61 Å². The summed E-state index contributed by atoms with van der Waals surface area (Å²) in [7, 11) is 0. The Bertz CT molecular complexity index is 717. The third-order valence-corrected chi connectivity index (χ3v) is 2.76. The highest BCUT2D eigenvalue weighted by Gasteiger charge is 2.08. The highest BCUT2D eigenvalue weighted by molar-refractivity contribution is 5.98. The number of hydrogen-bond donors (Lipinski definition) is 1. The zero-order valence-electron chi connectivity index (χ0n) is 11.4. The molecule has 0 aliphatic heterocycles. The Balaban J connectivity index is 2.05. The maximum absolute atomic E-state index is 13.8. The molecule has 0 aromatic heterocycles. The van der Waals surface area contributed by atoms with E-state index in [1.807, 2.05) is 0 Å². The zero-order valence-corrected chi connectivity index (χ0v) is 11.4. The third kappa shape index (κ3) is 3.88. The molecule has 1 N–H and O–H groups in total. The van der Waals surface area contributed by atoms with Gasteiger partial charge in [0.1, 0.15) is 6.61 Å². The lowest BCUT2D eigenvalue weighted by atomic mass is 10.2. The summed E-state index contributed by atoms with van der Waals surface area (Å²) in [6.45, 7) is 3.17. The fourth-order valence-corrected chi connectivity index (χ4v) is 1.68. The molecular formula is C16H12F3NO2. The molecule has 0 fully saturated rings. The quantitative estimate of drug-likeness (QED) is 0.853. The summed E-state index contributed by atoms with van der Waals surface area (Å²) < 4.78 is 44.8. The van der Waals surface area contributed by atoms with Crippen molar-refractivity contribution in [2.75, 3.05) is 5.32 Å². The molecule has 0 aliphatic carbocycles. The number of carbonyl (C=O) groups is 1. The van der Waals surface area contributed by atoms with E-state index in [9.17, 15) is 18.0 Å². The molecule has 2 aromatic rings. The largest absolute Gasteiger partial charge is 0.486 e. The fraction of sp³-hybridized carbons (Fsp3) is 0.0625. The minimum atomic E-state index is -0.996. The minimum Gasteiger partial charge on any atom is -0.486 e. The summed E-state index contributed by atoms with van der Waals surface area (Å²) in [5.74, 6) is -3.18. The first-order valence-electron chi connectivity index (χ1n) is 6.29. The summed E-state index contributed by atoms with van der Waals surface area (Å²) in [5, 5.41) is 2.40. The average Bonchev–Trinajstić information content (AvgIpc) is 2.49. The standard InChI is InChI=1S/C16H12F3NO2/c1-2-16(21)20-11-4-6-15(14(19)8-11)22-9-10-3-5-12(17)13(18)7-10/h2-8H,1,9H2,(H,20,21). The van der Waals surface area contributed by atoms with Gasteiger partial charge >= 0.3 is 0 Å². The predicted molar refractivity (Wildman–Crippen MR) is 75.9 cm³/mol. The number of benzene rings is 2. The number of halogens is 3. The van der Waals surface area contributed by atoms with E-state index in [0.717, 1.165) is 24.3 Å². The van der Waals surface area contributed by atoms with Crippen molar-refractivity contribution in [3.63, 3.8) is 0 Å². The van der Waals surface area contributed by atoms with E-state index in [0.29, 0.717) is 5.56 Å². The number of rotatable bonds is 5. The van der Waals surface area contributed by atoms with Crippen LogP contribution in [0.4, 0.5) is 18.9 Å². The van der Waals surface area contributed by atoms with Gasteiger partial charge in [0, 0.05) is 11.8 Å². The Morgan fingerprint density at radius 1 is 1.09 bits per heavy atom. The van der Waals surface area contributed by atoms with Gasteiger partial charge in [-0.25, -0.2) is 13.2 Å². The van der Waals surface area contributed by atoms with Crippen molar-refractivity contribution in [3.05, 3.63) is 72.1 Å². The SMILES string of the molecule is C=CC(=O)Nc1ccc(OCc2ccc(F)c(F)c2)c(F)c1. The highest BCUT2D eigenvalue weighted by atomic mass is 19.2. The van der Waals surface area contributed by atoms with Gasteiger partial charge in [-0.1, -0.05) is 12.6 Å². The molecular weight excluding hydrogens is 295 g/mol. The molecule has 6 heteroatoms. The van der Waals surface area contributed by atoms with Gasteiger partial charge in [-0.3, -0.25) is 4.79 Å². The van der Waals surface area contributed by atoms with Crippen molar-refractivity contribution >= 4 is 11.6 Å². The molecule has 0 radical (unpaired) electrons. The molecule has 0 heterocycles. The lowest BCUT2D eigenvalue weighted by Gasteiger charge is -2.09. The molecule has 2 rings (SSSR count). The van der Waals surface area contributed by atoms with Gasteiger partial charge in [0.2, 0.25) is 5.91 Å². The van der Waals surface area contributed by atoms with Gasteiger partial charge in [0.05, 0.1) is 0 Å². The van der Waals surface area contributed by atoms with Crippen LogP contribution in [0.1, 0.15) is 5.56 Å². The Morgan fingerprint density at radius 3 is 2.50 bits per heavy atom. The van der Waals surface area contributed by atoms with Gasteiger partial charge in [-0.15, -0.1) is 0 Å². The molecule has 0 spiro atoms. The number of hydrogen-bond acceptors (Lipinski definition) is 2. The van der Waals surface area contributed by atoms with Gasteiger partial charge in [-0.2, -0.15) is 0 Å². The van der Waals surface area contributed by atoms with Gasteiger partial charge in [0.25, 0.3) is 0 Å². The number of carbonyl (C=O) groups excluding carboxylic acids is 1. The number of nitrogens with one attached hydrogen (secondary N) is 1. The molecule has 114 valence electrons. The van der Waals surface area contributed by atoms with Crippen molar-refractivity contribution in [1.29, 1.82) is 0 Å². The van der Waals surface area contributed by atoms with Crippen LogP contribution in [0.25, 0.3) is 0 Å². The van der Waals surface area contributed by atoms with Crippen LogP contribution in [0.2, 0.25) is 0 Å². The molecule has 0 atom stereocenters. The second-order valence-electron chi connectivity index (χ2n) is 4.38. The maximum Gasteiger partial charge on any atom is 0.247 e. The van der Waals surface area contributed by atoms with Crippen molar-refractivity contribution in [3.8, 4) is 5.75 Å². The minimum absolute atomic E-state index is 0.0682. The first-order valence-corrected chi connectivity index (χ1v) is 6.29. The van der Waals surface area contributed by atoms with E-state index >= 15 is 0 Å². The molecule has 2 aromatic carbocycles. The molecule has 0 saturated heterocycles. The summed E-state index contributed by atoms with van der Waals surface area (Å²) in [6.07, 6.45) is 1.06. The fourth-order valence-electron chi connectivity index (χ4n) is 1.68. The predicted octanol–water partition coefficient (Wildman–Crippen LogP) is 3.81. The van der Waals surface area contributed by atoms with Crippen LogP contribution in [0.3, 0.4) is 0 Å². The van der Waals surface area contributed by atoms with Crippen LogP contribution in [-0.2, 0) is 11.4 Å². The van der Waals surface area contributed by atoms with Crippen LogP contribution in [0, 0.1) is 17.5 Å². The second-order valence-corrected chi connectivity index (χ2v) is 4.38. The Hall–Kier alpha value is -2.76. The van der Waals surface area contributed by atoms with Gasteiger partial charge in [0.15, 0.2) is 23.2 Å². The lowest BCUT2D eigenvalue weighted by Crippen LogP contribution is -2.07. The van der Waals surface area contributed by atoms with E-state index < -0.39 is 23.4 Å². The maximum atomic E-state index is 13.8. The van der Waals surface area contributed by atoms with Gasteiger partial charge in [-0.05, 0) is 35.9 Å². The van der Waals surface area contributed by atoms with E-state index in [1.165, 1.54) is 18.2 Å². The number of anilines is 1. The molecule has 0 aliphatic rings. The summed E-state index contributed by atoms with van der Waals surface area (Å²) in [6, 6.07) is 7.15. The van der Waals surface area contributed by atoms with Crippen molar-refractivity contribution in [1.82, 2.24) is 0 Å². The van der Waals surface area contributed by atoms with E-state index in [1.54, 1.807) is 0 Å². The second kappa shape index (κ2) is 6.80. The summed E-state index contributed by atoms with van der Waals surface area (Å²) in [4.78, 5) is 11.1. The summed E-state index contributed by atoms with van der Waals surface area (Å²) >= 11 is 0. The zero-order chi connectivity index (χ0) is 16.1. The van der Waals surface area contributed by atoms with Crippen LogP contribution in [0.5, 0.6) is 5.75 Å². The molecule has 1 amide bonds. The Labute approximate surface area is 125 Å². The van der Waals surface area contributed by atoms with Crippen LogP contribution in [0.15, 0.2) is 49.1 Å². The van der Waals surface area contributed by atoms with Crippen LogP contribution >= 0.6 is 0 Å². The number of ether oxygens (including phenoxy) is 1. The van der Waals surface area contributed by atoms with Gasteiger partial charge < -0.3 is 10.1 Å². The molecule has 0 saturated carbocycles. The number of amides is 1. The van der Waals surface area contributed by atoms with E-state index in [2.05, 4.69) is 11.9 Å². The van der Waals surface area contributed by atoms with E-state index in [-0.39, 0.29) is 18.0 Å². The Morgan fingerprint density at radius 2 is 1.86 bits per heavy atom. The summed E-state index contributed by atoms with van der Waals surface area (Å²) in [5.41, 5.74) is 0.616. The smallest absolute Gasteiger partial charge is 0.247 e. The first kappa shape index (κ1) is 15.6. The molecule has 0 bridgehead atoms. The van der Waals surface area contributed by atoms with Crippen molar-refractivity contribution < 1.29 is 22.7 Å². The van der Waals surface area contributed by atoms with Crippen LogP contribution in [-0.4, -0.2) is 5.91 Å². The highest BCUT2D eigenvalue weighted by Crippen LogP contribution is 2.22. The third-order valence-electron chi connectivity index (χ3n) is 2.76. The molecule has 3 nitrogen and oxygen atoms in total. The Kier molecular flexibility index (Phi) is 4.83. The first-order chi connectivity index (χ1) is 10.5. The normalized spacial score (nSPS) is 10.1. The van der Waals surface area contributed by atoms with E-state index in [4.69, 9.17) is 4.74 Å². The van der Waals surface area contributed by atoms with Crippen LogP contribution < -0.4 is 10.1 Å². The monoisotopic (exact) mass is 307 g/mol. The topological polar surface area (TPSA) is 38.3 Å². The average molecular weight is 307 g/mol. The lowest BCUT2D eigenvalue weighted by molar-refractivity contribution is -0.111.